The van der Waals surface area contributed by atoms with Crippen LogP contribution >= 0.6 is 22.9 Å². The Labute approximate surface area is 144 Å². The van der Waals surface area contributed by atoms with Crippen LogP contribution in [0.3, 0.4) is 0 Å². The van der Waals surface area contributed by atoms with Gasteiger partial charge in [-0.1, -0.05) is 23.7 Å². The molecule has 1 amide bonds. The predicted octanol–water partition coefficient (Wildman–Crippen LogP) is 5.13. The first-order valence-corrected chi connectivity index (χ1v) is 8.61. The number of carbonyl (C=O) groups is 1. The molecule has 3 aromatic rings. The number of amides is 1. The van der Waals surface area contributed by atoms with Gasteiger partial charge in [-0.2, -0.15) is 0 Å². The van der Waals surface area contributed by atoms with Crippen molar-refractivity contribution in [2.75, 3.05) is 5.32 Å². The molecule has 0 aliphatic rings. The average Bonchev–Trinajstić information content (AvgIpc) is 3.22. The molecule has 0 fully saturated rings. The number of thiophene rings is 1. The van der Waals surface area contributed by atoms with Gasteiger partial charge in [0.15, 0.2) is 0 Å². The molecule has 0 saturated carbocycles. The zero-order chi connectivity index (χ0) is 16.2. The molecule has 3 nitrogen and oxygen atoms in total. The molecule has 0 spiro atoms. The van der Waals surface area contributed by atoms with Crippen molar-refractivity contribution >= 4 is 34.5 Å². The SMILES string of the molecule is Cc1c(Cl)cccc1NC(=O)C[C@@H](c1cccs1)n1cccc1. The smallest absolute Gasteiger partial charge is 0.226 e. The lowest BCUT2D eigenvalue weighted by molar-refractivity contribution is -0.116. The number of benzene rings is 1. The van der Waals surface area contributed by atoms with Gasteiger partial charge in [0, 0.05) is 28.0 Å². The molecule has 23 heavy (non-hydrogen) atoms. The first kappa shape index (κ1) is 15.8. The maximum absolute atomic E-state index is 12.5. The van der Waals surface area contributed by atoms with Gasteiger partial charge >= 0.3 is 0 Å². The number of rotatable bonds is 5. The average molecular weight is 345 g/mol. The summed E-state index contributed by atoms with van der Waals surface area (Å²) in [5.41, 5.74) is 1.65. The van der Waals surface area contributed by atoms with E-state index in [2.05, 4.69) is 16.0 Å². The first-order valence-electron chi connectivity index (χ1n) is 7.36. The number of hydrogen-bond donors (Lipinski definition) is 1. The third-order valence-corrected chi connectivity index (χ3v) is 5.16. The molecule has 3 rings (SSSR count). The van der Waals surface area contributed by atoms with E-state index < -0.39 is 0 Å². The quantitative estimate of drug-likeness (QED) is 0.684. The van der Waals surface area contributed by atoms with Crippen molar-refractivity contribution in [3.05, 3.63) is 75.7 Å². The van der Waals surface area contributed by atoms with Crippen molar-refractivity contribution in [1.29, 1.82) is 0 Å². The van der Waals surface area contributed by atoms with Crippen molar-refractivity contribution in [3.8, 4) is 0 Å². The maximum Gasteiger partial charge on any atom is 0.226 e. The molecule has 2 aromatic heterocycles. The summed E-state index contributed by atoms with van der Waals surface area (Å²) in [6.45, 7) is 1.90. The van der Waals surface area contributed by atoms with E-state index in [0.717, 1.165) is 11.3 Å². The monoisotopic (exact) mass is 344 g/mol. The predicted molar refractivity (Wildman–Crippen MR) is 96.3 cm³/mol. The summed E-state index contributed by atoms with van der Waals surface area (Å²) < 4.78 is 2.07. The molecule has 2 heterocycles. The van der Waals surface area contributed by atoms with E-state index in [1.807, 2.05) is 61.1 Å². The van der Waals surface area contributed by atoms with Crippen molar-refractivity contribution in [3.63, 3.8) is 0 Å². The lowest BCUT2D eigenvalue weighted by Gasteiger charge is -2.18. The molecule has 0 radical (unpaired) electrons. The summed E-state index contributed by atoms with van der Waals surface area (Å²) in [5, 5.41) is 5.66. The highest BCUT2D eigenvalue weighted by Crippen LogP contribution is 2.28. The van der Waals surface area contributed by atoms with Gasteiger partial charge in [0.1, 0.15) is 0 Å². The molecule has 1 N–H and O–H groups in total. The van der Waals surface area contributed by atoms with Gasteiger partial charge in [-0.25, -0.2) is 0 Å². The molecular formula is C18H17ClN2OS. The van der Waals surface area contributed by atoms with Crippen molar-refractivity contribution < 1.29 is 4.79 Å². The van der Waals surface area contributed by atoms with Crippen LogP contribution < -0.4 is 5.32 Å². The third kappa shape index (κ3) is 3.66. The molecule has 0 bridgehead atoms. The fraction of sp³-hybridized carbons (Fsp3) is 0.167. The van der Waals surface area contributed by atoms with E-state index in [1.165, 1.54) is 4.88 Å². The number of anilines is 1. The standard InChI is InChI=1S/C18H17ClN2OS/c1-13-14(19)6-4-7-15(13)20-18(22)12-16(17-8-5-11-23-17)21-9-2-3-10-21/h2-11,16H,12H2,1H3,(H,20,22)/t16-/m0/s1. The number of carbonyl (C=O) groups excluding carboxylic acids is 1. The molecule has 0 aliphatic carbocycles. The molecule has 0 unspecified atom stereocenters. The lowest BCUT2D eigenvalue weighted by Crippen LogP contribution is -2.19. The number of aromatic nitrogens is 1. The molecule has 0 saturated heterocycles. The van der Waals surface area contributed by atoms with E-state index >= 15 is 0 Å². The second kappa shape index (κ2) is 7.02. The summed E-state index contributed by atoms with van der Waals surface area (Å²) in [5.74, 6) is -0.0255. The Bertz CT molecular complexity index is 747. The van der Waals surface area contributed by atoms with Crippen LogP contribution in [0.1, 0.15) is 22.9 Å². The zero-order valence-electron chi connectivity index (χ0n) is 12.7. The molecule has 118 valence electrons. The van der Waals surface area contributed by atoms with Crippen LogP contribution in [0.25, 0.3) is 0 Å². The zero-order valence-corrected chi connectivity index (χ0v) is 14.3. The van der Waals surface area contributed by atoms with Crippen molar-refractivity contribution in [1.82, 2.24) is 4.57 Å². The van der Waals surface area contributed by atoms with Crippen LogP contribution in [-0.2, 0) is 4.79 Å². The van der Waals surface area contributed by atoms with E-state index in [4.69, 9.17) is 11.6 Å². The highest BCUT2D eigenvalue weighted by Gasteiger charge is 2.19. The van der Waals surface area contributed by atoms with Gasteiger partial charge in [0.25, 0.3) is 0 Å². The Hall–Kier alpha value is -2.04. The summed E-state index contributed by atoms with van der Waals surface area (Å²) in [6.07, 6.45) is 4.35. The van der Waals surface area contributed by atoms with Crippen LogP contribution in [-0.4, -0.2) is 10.5 Å². The Morgan fingerprint density at radius 1 is 1.22 bits per heavy atom. The van der Waals surface area contributed by atoms with Gasteiger partial charge in [-0.3, -0.25) is 4.79 Å². The van der Waals surface area contributed by atoms with Crippen LogP contribution in [0.15, 0.2) is 60.2 Å². The number of halogens is 1. The third-order valence-electron chi connectivity index (χ3n) is 3.78. The molecular weight excluding hydrogens is 328 g/mol. The Morgan fingerprint density at radius 2 is 2.00 bits per heavy atom. The maximum atomic E-state index is 12.5. The minimum absolute atomic E-state index is 0.00416. The number of hydrogen-bond acceptors (Lipinski definition) is 2. The molecule has 1 aromatic carbocycles. The Balaban J connectivity index is 1.78. The number of nitrogens with zero attached hydrogens (tertiary/aromatic N) is 1. The van der Waals surface area contributed by atoms with Gasteiger partial charge in [0.2, 0.25) is 5.91 Å². The molecule has 1 atom stereocenters. The molecule has 5 heteroatoms. The summed E-state index contributed by atoms with van der Waals surface area (Å²) in [4.78, 5) is 13.7. The van der Waals surface area contributed by atoms with E-state index in [9.17, 15) is 4.79 Å². The van der Waals surface area contributed by atoms with Gasteiger partial charge in [-0.05, 0) is 48.2 Å². The highest BCUT2D eigenvalue weighted by atomic mass is 35.5. The summed E-state index contributed by atoms with van der Waals surface area (Å²) in [7, 11) is 0. The fourth-order valence-corrected chi connectivity index (χ4v) is 3.52. The highest BCUT2D eigenvalue weighted by molar-refractivity contribution is 7.10. The minimum Gasteiger partial charge on any atom is -0.346 e. The van der Waals surface area contributed by atoms with Crippen molar-refractivity contribution in [2.24, 2.45) is 0 Å². The van der Waals surface area contributed by atoms with Gasteiger partial charge < -0.3 is 9.88 Å². The second-order valence-corrected chi connectivity index (χ2v) is 6.71. The van der Waals surface area contributed by atoms with Crippen LogP contribution in [0.4, 0.5) is 5.69 Å². The summed E-state index contributed by atoms with van der Waals surface area (Å²) >= 11 is 7.77. The minimum atomic E-state index is -0.0255. The Kier molecular flexibility index (Phi) is 4.84. The summed E-state index contributed by atoms with van der Waals surface area (Å²) in [6, 6.07) is 13.6. The van der Waals surface area contributed by atoms with E-state index in [1.54, 1.807) is 11.3 Å². The number of nitrogens with one attached hydrogen (secondary N) is 1. The Morgan fingerprint density at radius 3 is 2.70 bits per heavy atom. The lowest BCUT2D eigenvalue weighted by atomic mass is 10.1. The van der Waals surface area contributed by atoms with Gasteiger partial charge in [-0.15, -0.1) is 11.3 Å². The topological polar surface area (TPSA) is 34.0 Å². The molecule has 0 aliphatic heterocycles. The van der Waals surface area contributed by atoms with Crippen molar-refractivity contribution in [2.45, 2.75) is 19.4 Å². The van der Waals surface area contributed by atoms with E-state index in [-0.39, 0.29) is 11.9 Å². The first-order chi connectivity index (χ1) is 11.1. The van der Waals surface area contributed by atoms with Crippen LogP contribution in [0.5, 0.6) is 0 Å². The largest absolute Gasteiger partial charge is 0.346 e. The van der Waals surface area contributed by atoms with E-state index in [0.29, 0.717) is 11.4 Å². The second-order valence-electron chi connectivity index (χ2n) is 5.33. The normalized spacial score (nSPS) is 12.1. The van der Waals surface area contributed by atoms with Gasteiger partial charge in [0.05, 0.1) is 12.5 Å². The fourth-order valence-electron chi connectivity index (χ4n) is 2.51. The van der Waals surface area contributed by atoms with Crippen LogP contribution in [0, 0.1) is 6.92 Å². The van der Waals surface area contributed by atoms with Crippen LogP contribution in [0.2, 0.25) is 5.02 Å².